The van der Waals surface area contributed by atoms with Crippen molar-refractivity contribution in [2.45, 2.75) is 141 Å². The first kappa shape index (κ1) is 50.7. The minimum Gasteiger partial charge on any atom is -0.491 e. The third-order valence-corrected chi connectivity index (χ3v) is 14.3. The number of thiazole rings is 1. The van der Waals surface area contributed by atoms with Crippen LogP contribution in [0, 0.1) is 12.3 Å². The molecule has 16 nitrogen and oxygen atoms in total. The van der Waals surface area contributed by atoms with Gasteiger partial charge in [-0.05, 0) is 97.7 Å². The molecule has 1 fully saturated rings. The largest absolute Gasteiger partial charge is 0.491 e. The van der Waals surface area contributed by atoms with Crippen LogP contribution in [0.5, 0.6) is 5.75 Å². The van der Waals surface area contributed by atoms with Crippen molar-refractivity contribution in [3.8, 4) is 16.2 Å². The molecule has 1 saturated heterocycles. The number of nitrogens with two attached hydrogens (primary N) is 2. The molecule has 0 unspecified atom stereocenters. The van der Waals surface area contributed by atoms with Gasteiger partial charge in [-0.1, -0.05) is 75.4 Å². The molecule has 0 spiro atoms. The summed E-state index contributed by atoms with van der Waals surface area (Å²) in [6, 6.07) is 17.0. The molecule has 0 bridgehead atoms. The summed E-state index contributed by atoms with van der Waals surface area (Å²) in [5.74, 6) is -1.67. The van der Waals surface area contributed by atoms with Gasteiger partial charge in [0.15, 0.2) is 0 Å². The summed E-state index contributed by atoms with van der Waals surface area (Å²) in [7, 11) is 0. The number of hydrogen-bond donors (Lipinski definition) is 6. The summed E-state index contributed by atoms with van der Waals surface area (Å²) in [5.41, 5.74) is 19.4. The number of nitrogens with one attached hydrogen (secondary N) is 3. The number of nitrogens with zero attached hydrogens (tertiary/aromatic N) is 3. The number of aliphatic hydroxyl groups excluding tert-OH is 1. The van der Waals surface area contributed by atoms with Crippen molar-refractivity contribution in [3.05, 3.63) is 100 Å². The van der Waals surface area contributed by atoms with Crippen LogP contribution in [0.15, 0.2) is 72.2 Å². The fraction of sp³-hybridized carbons (Fsp3) is 0.481. The molecular formula is C52H66N8O8S. The number of rotatable bonds is 19. The second-order valence-electron chi connectivity index (χ2n) is 19.8. The SMILES string of the molecule is Cc1ncsc1-c1ccc([C@H](C)NC(=O)[C@@H]2C[C@@H](O)CN2C(=O)[C@@H](NC(=O)CCCCc2cccc(OC[C@H](CCC(N)=O)NC(=O)[C@@H]3Cc4cccc5c4N3C(=O)[C@@H](N)CC5)c2)C(C)(C)C)cc1. The Morgan fingerprint density at radius 2 is 1.67 bits per heavy atom. The van der Waals surface area contributed by atoms with Gasteiger partial charge < -0.3 is 42.2 Å². The van der Waals surface area contributed by atoms with Gasteiger partial charge in [0.25, 0.3) is 0 Å². The molecule has 0 aliphatic carbocycles. The molecule has 7 atom stereocenters. The van der Waals surface area contributed by atoms with Crippen molar-refractivity contribution in [2.75, 3.05) is 18.1 Å². The van der Waals surface area contributed by atoms with Crippen molar-refractivity contribution in [1.29, 1.82) is 0 Å². The first-order chi connectivity index (χ1) is 32.9. The van der Waals surface area contributed by atoms with E-state index in [1.54, 1.807) is 22.3 Å². The van der Waals surface area contributed by atoms with Crippen LogP contribution < -0.4 is 37.1 Å². The maximum atomic E-state index is 14.2. The minimum absolute atomic E-state index is 0.0189. The zero-order valence-electron chi connectivity index (χ0n) is 40.2. The number of primary amides is 1. The second kappa shape index (κ2) is 22.1. The lowest BCUT2D eigenvalue weighted by molar-refractivity contribution is -0.144. The van der Waals surface area contributed by atoms with Gasteiger partial charge in [0.2, 0.25) is 35.4 Å². The molecule has 6 amide bonds. The van der Waals surface area contributed by atoms with E-state index in [9.17, 15) is 33.9 Å². The van der Waals surface area contributed by atoms with Gasteiger partial charge in [-0.3, -0.25) is 33.7 Å². The zero-order valence-corrected chi connectivity index (χ0v) is 41.0. The summed E-state index contributed by atoms with van der Waals surface area (Å²) in [6.07, 6.45) is 2.98. The maximum absolute atomic E-state index is 14.2. The number of para-hydroxylation sites is 1. The molecule has 3 aliphatic rings. The van der Waals surface area contributed by atoms with Crippen LogP contribution in [0.25, 0.3) is 10.4 Å². The summed E-state index contributed by atoms with van der Waals surface area (Å²) >= 11 is 1.57. The fourth-order valence-corrected chi connectivity index (χ4v) is 10.3. The molecule has 4 aromatic rings. The minimum atomic E-state index is -0.936. The highest BCUT2D eigenvalue weighted by atomic mass is 32.1. The number of β-amino-alcohol motifs (C(OH)–C–C–N with tert-alkyl or cyclic N) is 1. The third-order valence-electron chi connectivity index (χ3n) is 13.4. The predicted octanol–water partition coefficient (Wildman–Crippen LogP) is 4.56. The van der Waals surface area contributed by atoms with E-state index in [4.69, 9.17) is 16.2 Å². The Balaban J connectivity index is 0.893. The molecule has 69 heavy (non-hydrogen) atoms. The lowest BCUT2D eigenvalue weighted by Gasteiger charge is -2.35. The Morgan fingerprint density at radius 1 is 0.942 bits per heavy atom. The van der Waals surface area contributed by atoms with E-state index in [1.165, 1.54) is 4.90 Å². The van der Waals surface area contributed by atoms with Crippen molar-refractivity contribution in [1.82, 2.24) is 25.8 Å². The van der Waals surface area contributed by atoms with Gasteiger partial charge >= 0.3 is 0 Å². The zero-order chi connectivity index (χ0) is 49.6. The van der Waals surface area contributed by atoms with E-state index in [-0.39, 0.29) is 68.5 Å². The van der Waals surface area contributed by atoms with Crippen LogP contribution in [0.1, 0.15) is 107 Å². The second-order valence-corrected chi connectivity index (χ2v) is 20.6. The lowest BCUT2D eigenvalue weighted by atomic mass is 9.85. The molecule has 3 aromatic carbocycles. The first-order valence-electron chi connectivity index (χ1n) is 24.0. The number of unbranched alkanes of at least 4 members (excludes halogenated alkanes) is 1. The highest BCUT2D eigenvalue weighted by molar-refractivity contribution is 7.13. The summed E-state index contributed by atoms with van der Waals surface area (Å²) in [5, 5.41) is 19.7. The molecular weight excluding hydrogens is 897 g/mol. The highest BCUT2D eigenvalue weighted by Gasteiger charge is 2.45. The van der Waals surface area contributed by atoms with Crippen LogP contribution in [-0.4, -0.2) is 99.9 Å². The van der Waals surface area contributed by atoms with E-state index in [0.717, 1.165) is 44.1 Å². The van der Waals surface area contributed by atoms with E-state index >= 15 is 0 Å². The number of benzene rings is 3. The summed E-state index contributed by atoms with van der Waals surface area (Å²) in [6.45, 7) is 9.45. The average molecular weight is 963 g/mol. The van der Waals surface area contributed by atoms with Gasteiger partial charge in [0.1, 0.15) is 30.5 Å². The molecule has 3 aliphatic heterocycles. The van der Waals surface area contributed by atoms with Crippen molar-refractivity contribution >= 4 is 52.5 Å². The number of aliphatic hydroxyl groups is 1. The number of carbonyl (C=O) groups excluding carboxylic acids is 6. The van der Waals surface area contributed by atoms with E-state index in [2.05, 4.69) is 20.9 Å². The maximum Gasteiger partial charge on any atom is 0.246 e. The van der Waals surface area contributed by atoms with Crippen LogP contribution in [0.2, 0.25) is 0 Å². The highest BCUT2D eigenvalue weighted by Crippen LogP contribution is 2.39. The molecule has 8 N–H and O–H groups in total. The first-order valence-corrected chi connectivity index (χ1v) is 24.8. The Bertz CT molecular complexity index is 2520. The Labute approximate surface area is 407 Å². The number of amides is 6. The molecule has 7 rings (SSSR count). The quantitative estimate of drug-likeness (QED) is 0.0717. The van der Waals surface area contributed by atoms with Crippen LogP contribution in [0.4, 0.5) is 5.69 Å². The van der Waals surface area contributed by atoms with Crippen LogP contribution >= 0.6 is 11.3 Å². The van der Waals surface area contributed by atoms with E-state index in [1.807, 2.05) is 101 Å². The third kappa shape index (κ3) is 12.4. The molecule has 0 saturated carbocycles. The Hall–Kier alpha value is -6.17. The number of hydrogen-bond acceptors (Lipinski definition) is 11. The fourth-order valence-electron chi connectivity index (χ4n) is 9.52. The van der Waals surface area contributed by atoms with Gasteiger partial charge in [-0.15, -0.1) is 11.3 Å². The molecule has 0 radical (unpaired) electrons. The van der Waals surface area contributed by atoms with Crippen LogP contribution in [0.3, 0.4) is 0 Å². The normalized spacial score (nSPS) is 20.1. The van der Waals surface area contributed by atoms with Gasteiger partial charge in [0, 0.05) is 32.2 Å². The number of aryl methyl sites for hydroxylation is 3. The Morgan fingerprint density at radius 3 is 2.38 bits per heavy atom. The molecule has 4 heterocycles. The van der Waals surface area contributed by atoms with Crippen molar-refractivity contribution in [2.24, 2.45) is 16.9 Å². The number of ether oxygens (including phenoxy) is 1. The van der Waals surface area contributed by atoms with Gasteiger partial charge in [0.05, 0.1) is 46.0 Å². The van der Waals surface area contributed by atoms with Crippen LogP contribution in [-0.2, 0) is 48.0 Å². The van der Waals surface area contributed by atoms with Crippen molar-refractivity contribution in [3.63, 3.8) is 0 Å². The number of carbonyl (C=O) groups is 6. The predicted molar refractivity (Wildman–Crippen MR) is 264 cm³/mol. The van der Waals surface area contributed by atoms with Gasteiger partial charge in [-0.25, -0.2) is 4.98 Å². The van der Waals surface area contributed by atoms with E-state index < -0.39 is 53.5 Å². The molecule has 17 heteroatoms. The van der Waals surface area contributed by atoms with E-state index in [0.29, 0.717) is 44.3 Å². The number of likely N-dealkylation sites (tertiary alicyclic amines) is 1. The average Bonchev–Trinajstić information content (AvgIpc) is 4.03. The summed E-state index contributed by atoms with van der Waals surface area (Å²) in [4.78, 5) is 88.8. The topological polar surface area (TPSA) is 239 Å². The lowest BCUT2D eigenvalue weighted by Crippen LogP contribution is -2.57. The standard InChI is InChI=1S/C52H66N8O8S/c1-30(33-16-18-35(19-17-33)46-31(2)55-29-69-46)56-48(64)41-26-38(61)27-59(41)51(67)47(52(3,4)5)58-44(63)15-7-6-10-32-11-8-14-39(24-32)68-28-37(21-23-43(54)62)57-49(65)42-25-36-13-9-12-34-20-22-40(53)50(66)60(42)45(34)36/h8-9,11-14,16-19,24,29-30,37-38,40-42,47,61H,6-7,10,15,20-23,25-28,53H2,1-5H3,(H2,54,62)(H,56,64)(H,57,65)(H,58,63)/t30-,37-,38+,40-,41-,42-,47+/m0/s1. The number of aromatic nitrogens is 1. The summed E-state index contributed by atoms with van der Waals surface area (Å²) < 4.78 is 6.17. The Kier molecular flexibility index (Phi) is 16.2. The van der Waals surface area contributed by atoms with Crippen molar-refractivity contribution < 1.29 is 38.6 Å². The van der Waals surface area contributed by atoms with Gasteiger partial charge in [-0.2, -0.15) is 0 Å². The monoisotopic (exact) mass is 962 g/mol. The molecule has 1 aromatic heterocycles. The number of anilines is 1. The molecule has 368 valence electrons. The smallest absolute Gasteiger partial charge is 0.246 e.